The summed E-state index contributed by atoms with van der Waals surface area (Å²) in [6.45, 7) is 0.0391. The Morgan fingerprint density at radius 2 is 1.86 bits per heavy atom. The summed E-state index contributed by atoms with van der Waals surface area (Å²) in [7, 11) is -4.09. The van der Waals surface area contributed by atoms with E-state index in [2.05, 4.69) is 10.8 Å². The zero-order chi connectivity index (χ0) is 21.1. The first-order valence-electron chi connectivity index (χ1n) is 9.56. The van der Waals surface area contributed by atoms with E-state index in [-0.39, 0.29) is 19.1 Å². The highest BCUT2D eigenvalue weighted by Crippen LogP contribution is 2.31. The number of halogens is 3. The van der Waals surface area contributed by atoms with Crippen LogP contribution in [0.25, 0.3) is 0 Å². The summed E-state index contributed by atoms with van der Waals surface area (Å²) < 4.78 is 65.0. The topological polar surface area (TPSA) is 87.7 Å². The standard InChI is InChI=1S/C18H24F3N3O4S/c19-18(20,21)13-5-4-8-16(11-13)29(26,27)24-10-9-15(12-24)28-23-17(25)22-14-6-2-1-3-7-14/h4-5,8,11,14-15H,1-3,6-7,9-10,12H2,(H2,22,23,25)/t15-/m0/s1. The number of rotatable bonds is 5. The van der Waals surface area contributed by atoms with Gasteiger partial charge in [0.15, 0.2) is 0 Å². The Balaban J connectivity index is 1.54. The molecule has 2 aliphatic rings. The van der Waals surface area contributed by atoms with Gasteiger partial charge in [0.2, 0.25) is 10.0 Å². The number of carbonyl (C=O) groups excluding carboxylic acids is 1. The number of nitrogens with zero attached hydrogens (tertiary/aromatic N) is 1. The van der Waals surface area contributed by atoms with E-state index in [1.807, 2.05) is 0 Å². The summed E-state index contributed by atoms with van der Waals surface area (Å²) >= 11 is 0. The Labute approximate surface area is 167 Å². The highest BCUT2D eigenvalue weighted by atomic mass is 32.2. The molecular formula is C18H24F3N3O4S. The molecule has 0 spiro atoms. The molecule has 1 aromatic rings. The fraction of sp³-hybridized carbons (Fsp3) is 0.611. The highest BCUT2D eigenvalue weighted by molar-refractivity contribution is 7.89. The molecule has 2 fully saturated rings. The molecular weight excluding hydrogens is 411 g/mol. The molecule has 2 N–H and O–H groups in total. The molecule has 1 heterocycles. The predicted octanol–water partition coefficient (Wildman–Crippen LogP) is 3.03. The minimum absolute atomic E-state index is 0.0533. The molecule has 7 nitrogen and oxygen atoms in total. The molecule has 1 atom stereocenters. The molecule has 1 aromatic carbocycles. The number of benzene rings is 1. The average molecular weight is 435 g/mol. The lowest BCUT2D eigenvalue weighted by molar-refractivity contribution is -0.137. The van der Waals surface area contributed by atoms with Gasteiger partial charge < -0.3 is 5.32 Å². The summed E-state index contributed by atoms with van der Waals surface area (Å²) in [5.41, 5.74) is 1.27. The second-order valence-corrected chi connectivity index (χ2v) is 9.27. The Morgan fingerprint density at radius 1 is 1.14 bits per heavy atom. The smallest absolute Gasteiger partial charge is 0.334 e. The van der Waals surface area contributed by atoms with Crippen LogP contribution in [-0.2, 0) is 21.0 Å². The molecule has 0 aromatic heterocycles. The van der Waals surface area contributed by atoms with Crippen LogP contribution in [0.4, 0.5) is 18.0 Å². The van der Waals surface area contributed by atoms with E-state index < -0.39 is 38.8 Å². The minimum Gasteiger partial charge on any atom is -0.334 e. The third-order valence-corrected chi connectivity index (χ3v) is 7.03. The molecule has 0 radical (unpaired) electrons. The Bertz CT molecular complexity index is 826. The first-order valence-corrected chi connectivity index (χ1v) is 11.0. The molecule has 11 heteroatoms. The maximum Gasteiger partial charge on any atom is 0.416 e. The van der Waals surface area contributed by atoms with Crippen molar-refractivity contribution in [3.05, 3.63) is 29.8 Å². The van der Waals surface area contributed by atoms with Gasteiger partial charge in [-0.05, 0) is 37.5 Å². The number of hydroxylamine groups is 1. The fourth-order valence-corrected chi connectivity index (χ4v) is 5.13. The summed E-state index contributed by atoms with van der Waals surface area (Å²) in [6.07, 6.45) is 0.245. The van der Waals surface area contributed by atoms with Crippen molar-refractivity contribution in [2.45, 2.75) is 61.7 Å². The molecule has 162 valence electrons. The zero-order valence-corrected chi connectivity index (χ0v) is 16.6. The normalized spacial score (nSPS) is 21.8. The van der Waals surface area contributed by atoms with Crippen molar-refractivity contribution < 1.29 is 31.2 Å². The third kappa shape index (κ3) is 5.61. The minimum atomic E-state index is -4.63. The lowest BCUT2D eigenvalue weighted by Gasteiger charge is -2.23. The number of nitrogens with one attached hydrogen (secondary N) is 2. The summed E-state index contributed by atoms with van der Waals surface area (Å²) in [6, 6.07) is 3.28. The van der Waals surface area contributed by atoms with Crippen molar-refractivity contribution >= 4 is 16.1 Å². The molecule has 1 aliphatic carbocycles. The number of amides is 2. The van der Waals surface area contributed by atoms with Crippen LogP contribution in [0.2, 0.25) is 0 Å². The third-order valence-electron chi connectivity index (χ3n) is 5.17. The number of carbonyl (C=O) groups is 1. The fourth-order valence-electron chi connectivity index (χ4n) is 3.59. The number of alkyl halides is 3. The van der Waals surface area contributed by atoms with Crippen molar-refractivity contribution in [1.82, 2.24) is 15.1 Å². The van der Waals surface area contributed by atoms with Gasteiger partial charge >= 0.3 is 12.2 Å². The van der Waals surface area contributed by atoms with Crippen LogP contribution in [0.3, 0.4) is 0 Å². The SMILES string of the molecule is O=C(NO[C@H]1CCN(S(=O)(=O)c2cccc(C(F)(F)F)c2)C1)NC1CCCCC1. The Morgan fingerprint density at radius 3 is 2.55 bits per heavy atom. The summed E-state index contributed by atoms with van der Waals surface area (Å²) in [5.74, 6) is 0. The second-order valence-electron chi connectivity index (χ2n) is 7.33. The lowest BCUT2D eigenvalue weighted by atomic mass is 9.96. The van der Waals surface area contributed by atoms with Crippen molar-refractivity contribution in [2.75, 3.05) is 13.1 Å². The van der Waals surface area contributed by atoms with E-state index in [9.17, 15) is 26.4 Å². The van der Waals surface area contributed by atoms with Gasteiger partial charge in [0.05, 0.1) is 10.5 Å². The van der Waals surface area contributed by atoms with Crippen molar-refractivity contribution in [2.24, 2.45) is 0 Å². The monoisotopic (exact) mass is 435 g/mol. The number of urea groups is 1. The average Bonchev–Trinajstić information content (AvgIpc) is 3.17. The van der Waals surface area contributed by atoms with Crippen LogP contribution in [-0.4, -0.2) is 44.0 Å². The van der Waals surface area contributed by atoms with Gasteiger partial charge in [0.25, 0.3) is 0 Å². The van der Waals surface area contributed by atoms with Crippen LogP contribution in [0.5, 0.6) is 0 Å². The van der Waals surface area contributed by atoms with Gasteiger partial charge in [0, 0.05) is 19.1 Å². The van der Waals surface area contributed by atoms with E-state index in [1.54, 1.807) is 0 Å². The van der Waals surface area contributed by atoms with Gasteiger partial charge in [-0.25, -0.2) is 18.7 Å². The van der Waals surface area contributed by atoms with Crippen molar-refractivity contribution in [3.63, 3.8) is 0 Å². The molecule has 1 aliphatic heterocycles. The molecule has 0 bridgehead atoms. The van der Waals surface area contributed by atoms with Gasteiger partial charge in [-0.1, -0.05) is 25.3 Å². The number of hydrogen-bond donors (Lipinski definition) is 2. The van der Waals surface area contributed by atoms with Crippen LogP contribution < -0.4 is 10.8 Å². The van der Waals surface area contributed by atoms with Gasteiger partial charge in [0.1, 0.15) is 6.10 Å². The van der Waals surface area contributed by atoms with Crippen molar-refractivity contribution in [1.29, 1.82) is 0 Å². The highest BCUT2D eigenvalue weighted by Gasteiger charge is 2.36. The zero-order valence-electron chi connectivity index (χ0n) is 15.7. The largest absolute Gasteiger partial charge is 0.416 e. The van der Waals surface area contributed by atoms with Crippen molar-refractivity contribution in [3.8, 4) is 0 Å². The first-order chi connectivity index (χ1) is 13.7. The number of hydrogen-bond acceptors (Lipinski definition) is 4. The van der Waals surface area contributed by atoms with Gasteiger partial charge in [-0.3, -0.25) is 4.84 Å². The van der Waals surface area contributed by atoms with Gasteiger partial charge in [-0.2, -0.15) is 17.5 Å². The molecule has 1 saturated carbocycles. The van der Waals surface area contributed by atoms with E-state index in [0.29, 0.717) is 12.5 Å². The van der Waals surface area contributed by atoms with E-state index in [1.165, 1.54) is 0 Å². The van der Waals surface area contributed by atoms with Crippen LogP contribution in [0.1, 0.15) is 44.1 Å². The van der Waals surface area contributed by atoms with E-state index in [4.69, 9.17) is 4.84 Å². The summed E-state index contributed by atoms with van der Waals surface area (Å²) in [4.78, 5) is 16.8. The maximum absolute atomic E-state index is 12.9. The van der Waals surface area contributed by atoms with E-state index in [0.717, 1.165) is 54.6 Å². The quantitative estimate of drug-likeness (QED) is 0.696. The van der Waals surface area contributed by atoms with Crippen LogP contribution >= 0.6 is 0 Å². The molecule has 0 unspecified atom stereocenters. The molecule has 29 heavy (non-hydrogen) atoms. The van der Waals surface area contributed by atoms with Gasteiger partial charge in [-0.15, -0.1) is 0 Å². The molecule has 1 saturated heterocycles. The lowest BCUT2D eigenvalue weighted by Crippen LogP contribution is -2.44. The Kier molecular flexibility index (Phi) is 6.69. The van der Waals surface area contributed by atoms with Crippen LogP contribution in [0, 0.1) is 0 Å². The molecule has 3 rings (SSSR count). The maximum atomic E-state index is 12.9. The van der Waals surface area contributed by atoms with Crippen LogP contribution in [0.15, 0.2) is 29.2 Å². The first kappa shape index (κ1) is 21.8. The second kappa shape index (κ2) is 8.88. The van der Waals surface area contributed by atoms with E-state index >= 15 is 0 Å². The Hall–Kier alpha value is -1.85. The number of sulfonamides is 1. The summed E-state index contributed by atoms with van der Waals surface area (Å²) in [5, 5.41) is 2.82. The molecule has 2 amide bonds. The predicted molar refractivity (Wildman–Crippen MR) is 98.2 cm³/mol.